The second-order valence-electron chi connectivity index (χ2n) is 3.35. The van der Waals surface area contributed by atoms with Crippen molar-refractivity contribution < 1.29 is 9.53 Å². The number of aliphatic imine (C=N–C) groups is 1. The Kier molecular flexibility index (Phi) is 4.44. The second-order valence-corrected chi connectivity index (χ2v) is 5.59. The summed E-state index contributed by atoms with van der Waals surface area (Å²) in [5.41, 5.74) is 1.02. The quantitative estimate of drug-likeness (QED) is 0.784. The maximum atomic E-state index is 11.3. The molecule has 4 nitrogen and oxygen atoms in total. The molecule has 1 aliphatic rings. The minimum absolute atomic E-state index is 0.258. The summed E-state index contributed by atoms with van der Waals surface area (Å²) in [4.78, 5) is 19.8. The fraction of sp³-hybridized carbons (Fsp3) is 0.364. The molecule has 0 spiro atoms. The van der Waals surface area contributed by atoms with E-state index in [1.54, 1.807) is 29.7 Å². The van der Waals surface area contributed by atoms with Crippen LogP contribution in [0, 0.1) is 0 Å². The third kappa shape index (κ3) is 3.47. The van der Waals surface area contributed by atoms with E-state index >= 15 is 0 Å². The van der Waals surface area contributed by atoms with Gasteiger partial charge in [0.25, 0.3) is 0 Å². The molecular weight excluding hydrogens is 256 g/mol. The van der Waals surface area contributed by atoms with Crippen molar-refractivity contribution in [3.8, 4) is 0 Å². The number of thioether (sulfide) groups is 2. The molecule has 6 heteroatoms. The Balaban J connectivity index is 1.87. The average Bonchev–Trinajstić information content (AvgIpc) is 2.85. The predicted octanol–water partition coefficient (Wildman–Crippen LogP) is 1.96. The summed E-state index contributed by atoms with van der Waals surface area (Å²) in [7, 11) is 1.39. The summed E-state index contributed by atoms with van der Waals surface area (Å²) >= 11 is 3.21. The zero-order valence-electron chi connectivity index (χ0n) is 9.33. The smallest absolute Gasteiger partial charge is 0.331 e. The summed E-state index contributed by atoms with van der Waals surface area (Å²) in [6, 6.07) is 5.49. The maximum absolute atomic E-state index is 11.3. The molecule has 0 fully saturated rings. The SMILES string of the molecule is COC(=O)[C@@H]1CSC(SCc2ccccn2)=N1. The van der Waals surface area contributed by atoms with Gasteiger partial charge in [0, 0.05) is 17.7 Å². The van der Waals surface area contributed by atoms with E-state index in [0.717, 1.165) is 15.8 Å². The van der Waals surface area contributed by atoms with Crippen molar-refractivity contribution in [2.24, 2.45) is 4.99 Å². The molecule has 0 radical (unpaired) electrons. The topological polar surface area (TPSA) is 51.5 Å². The van der Waals surface area contributed by atoms with Gasteiger partial charge in [0.15, 0.2) is 6.04 Å². The molecule has 17 heavy (non-hydrogen) atoms. The molecule has 1 atom stereocenters. The number of nitrogens with zero attached hydrogens (tertiary/aromatic N) is 2. The molecule has 1 aromatic rings. The van der Waals surface area contributed by atoms with Crippen molar-refractivity contribution in [3.05, 3.63) is 30.1 Å². The Morgan fingerprint density at radius 2 is 2.53 bits per heavy atom. The van der Waals surface area contributed by atoms with Crippen molar-refractivity contribution in [2.45, 2.75) is 11.8 Å². The summed E-state index contributed by atoms with van der Waals surface area (Å²) in [6.07, 6.45) is 1.77. The molecule has 0 aliphatic carbocycles. The van der Waals surface area contributed by atoms with E-state index in [0.29, 0.717) is 5.75 Å². The van der Waals surface area contributed by atoms with E-state index in [-0.39, 0.29) is 12.0 Å². The van der Waals surface area contributed by atoms with Crippen LogP contribution in [0.3, 0.4) is 0 Å². The summed E-state index contributed by atoms with van der Waals surface area (Å²) < 4.78 is 5.60. The first-order valence-corrected chi connectivity index (χ1v) is 7.08. The standard InChI is InChI=1S/C11H12N2O2S2/c1-15-10(14)9-7-17-11(13-9)16-6-8-4-2-3-5-12-8/h2-5,9H,6-7H2,1H3/t9-/m0/s1. The lowest BCUT2D eigenvalue weighted by atomic mass is 10.4. The zero-order chi connectivity index (χ0) is 12.1. The Hall–Kier alpha value is -1.01. The van der Waals surface area contributed by atoms with Crippen molar-refractivity contribution in [1.29, 1.82) is 0 Å². The van der Waals surface area contributed by atoms with Gasteiger partial charge in [-0.15, -0.1) is 0 Å². The number of hydrogen-bond donors (Lipinski definition) is 0. The highest BCUT2D eigenvalue weighted by Gasteiger charge is 2.25. The molecule has 0 saturated carbocycles. The lowest BCUT2D eigenvalue weighted by Gasteiger charge is -2.00. The molecule has 0 N–H and O–H groups in total. The van der Waals surface area contributed by atoms with Crippen molar-refractivity contribution in [1.82, 2.24) is 4.98 Å². The molecule has 0 amide bonds. The molecule has 2 heterocycles. The molecule has 0 bridgehead atoms. The summed E-state index contributed by atoms with van der Waals surface area (Å²) in [5, 5.41) is 0. The minimum atomic E-state index is -0.337. The highest BCUT2D eigenvalue weighted by molar-refractivity contribution is 8.38. The van der Waals surface area contributed by atoms with Gasteiger partial charge in [0.05, 0.1) is 12.8 Å². The summed E-state index contributed by atoms with van der Waals surface area (Å²) in [5.74, 6) is 1.20. The van der Waals surface area contributed by atoms with Crippen LogP contribution in [-0.2, 0) is 15.3 Å². The lowest BCUT2D eigenvalue weighted by molar-refractivity contribution is -0.141. The van der Waals surface area contributed by atoms with Crippen molar-refractivity contribution >= 4 is 33.9 Å². The van der Waals surface area contributed by atoms with Gasteiger partial charge in [-0.1, -0.05) is 29.6 Å². The maximum Gasteiger partial charge on any atom is 0.331 e. The molecule has 1 aliphatic heterocycles. The number of carbonyl (C=O) groups excluding carboxylic acids is 1. The van der Waals surface area contributed by atoms with Gasteiger partial charge in [-0.2, -0.15) is 0 Å². The molecule has 90 valence electrons. The van der Waals surface area contributed by atoms with Crippen LogP contribution in [0.15, 0.2) is 29.4 Å². The van der Waals surface area contributed by atoms with E-state index < -0.39 is 0 Å². The van der Waals surface area contributed by atoms with Crippen LogP contribution in [0.5, 0.6) is 0 Å². The van der Waals surface area contributed by atoms with Crippen LogP contribution >= 0.6 is 23.5 Å². The number of methoxy groups -OCH3 is 1. The van der Waals surface area contributed by atoms with Gasteiger partial charge in [-0.3, -0.25) is 9.98 Å². The minimum Gasteiger partial charge on any atom is -0.467 e. The van der Waals surface area contributed by atoms with Crippen LogP contribution in [0.1, 0.15) is 5.69 Å². The fourth-order valence-electron chi connectivity index (χ4n) is 1.31. The number of carbonyl (C=O) groups is 1. The number of ether oxygens (including phenoxy) is 1. The van der Waals surface area contributed by atoms with Crippen LogP contribution in [-0.4, -0.2) is 34.2 Å². The van der Waals surface area contributed by atoms with Gasteiger partial charge in [-0.25, -0.2) is 4.79 Å². The number of esters is 1. The van der Waals surface area contributed by atoms with E-state index in [4.69, 9.17) is 0 Å². The Labute approximate surface area is 108 Å². The molecule has 0 unspecified atom stereocenters. The van der Waals surface area contributed by atoms with Crippen molar-refractivity contribution in [2.75, 3.05) is 12.9 Å². The molecule has 0 aromatic carbocycles. The first kappa shape index (κ1) is 12.4. The average molecular weight is 268 g/mol. The van der Waals surface area contributed by atoms with E-state index in [2.05, 4.69) is 14.7 Å². The lowest BCUT2D eigenvalue weighted by Crippen LogP contribution is -2.19. The number of hydrogen-bond acceptors (Lipinski definition) is 6. The Morgan fingerprint density at radius 1 is 1.65 bits per heavy atom. The highest BCUT2D eigenvalue weighted by Crippen LogP contribution is 2.28. The third-order valence-electron chi connectivity index (χ3n) is 2.17. The predicted molar refractivity (Wildman–Crippen MR) is 71.2 cm³/mol. The first-order chi connectivity index (χ1) is 8.29. The van der Waals surface area contributed by atoms with Crippen LogP contribution in [0.2, 0.25) is 0 Å². The molecule has 2 rings (SSSR count). The zero-order valence-corrected chi connectivity index (χ0v) is 11.0. The Morgan fingerprint density at radius 3 is 3.24 bits per heavy atom. The molecule has 1 aromatic heterocycles. The highest BCUT2D eigenvalue weighted by atomic mass is 32.2. The molecular formula is C11H12N2O2S2. The van der Waals surface area contributed by atoms with E-state index in [9.17, 15) is 4.79 Å². The number of aromatic nitrogens is 1. The van der Waals surface area contributed by atoms with E-state index in [1.807, 2.05) is 18.2 Å². The second kappa shape index (κ2) is 6.07. The monoisotopic (exact) mass is 268 g/mol. The van der Waals surface area contributed by atoms with Gasteiger partial charge in [-0.05, 0) is 12.1 Å². The van der Waals surface area contributed by atoms with E-state index in [1.165, 1.54) is 7.11 Å². The summed E-state index contributed by atoms with van der Waals surface area (Å²) in [6.45, 7) is 0. The Bertz CT molecular complexity index is 423. The third-order valence-corrected chi connectivity index (χ3v) is 4.50. The van der Waals surface area contributed by atoms with Crippen LogP contribution in [0.4, 0.5) is 0 Å². The molecule has 0 saturated heterocycles. The number of pyridine rings is 1. The van der Waals surface area contributed by atoms with Crippen LogP contribution in [0.25, 0.3) is 0 Å². The normalized spacial score (nSPS) is 18.9. The van der Waals surface area contributed by atoms with Crippen LogP contribution < -0.4 is 0 Å². The van der Waals surface area contributed by atoms with Crippen molar-refractivity contribution in [3.63, 3.8) is 0 Å². The van der Waals surface area contributed by atoms with Gasteiger partial charge in [0.2, 0.25) is 0 Å². The largest absolute Gasteiger partial charge is 0.467 e. The van der Waals surface area contributed by atoms with Gasteiger partial charge < -0.3 is 4.74 Å². The van der Waals surface area contributed by atoms with Gasteiger partial charge in [0.1, 0.15) is 4.38 Å². The fourth-order valence-corrected chi connectivity index (χ4v) is 3.38. The first-order valence-electron chi connectivity index (χ1n) is 5.10. The number of rotatable bonds is 3. The van der Waals surface area contributed by atoms with Gasteiger partial charge >= 0.3 is 5.97 Å².